The summed E-state index contributed by atoms with van der Waals surface area (Å²) in [4.78, 5) is 48.3. The van der Waals surface area contributed by atoms with Crippen LogP contribution >= 0.6 is 11.6 Å². The van der Waals surface area contributed by atoms with E-state index in [4.69, 9.17) is 16.7 Å². The topological polar surface area (TPSA) is 124 Å². The van der Waals surface area contributed by atoms with Crippen LogP contribution in [0.2, 0.25) is 5.02 Å². The summed E-state index contributed by atoms with van der Waals surface area (Å²) in [5.41, 5.74) is 3.42. The van der Waals surface area contributed by atoms with E-state index in [2.05, 4.69) is 5.32 Å². The fraction of sp³-hybridized carbons (Fsp3) is 0.185. The Bertz CT molecular complexity index is 1280. The van der Waals surface area contributed by atoms with Gasteiger partial charge in [0.15, 0.2) is 0 Å². The summed E-state index contributed by atoms with van der Waals surface area (Å²) in [6.45, 7) is 1.11. The van der Waals surface area contributed by atoms with Gasteiger partial charge in [0, 0.05) is 19.9 Å². The first-order chi connectivity index (χ1) is 17.1. The number of hydrogen-bond donors (Lipinski definition) is 3. The zero-order valence-electron chi connectivity index (χ0n) is 19.5. The molecule has 0 bridgehead atoms. The predicted octanol–water partition coefficient (Wildman–Crippen LogP) is 3.87. The number of rotatable bonds is 10. The minimum absolute atomic E-state index is 0.0780. The monoisotopic (exact) mass is 508 g/mol. The zero-order valence-corrected chi connectivity index (χ0v) is 20.2. The third kappa shape index (κ3) is 7.16. The van der Waals surface area contributed by atoms with E-state index in [1.165, 1.54) is 17.9 Å². The molecule has 0 saturated carbocycles. The molecule has 0 radical (unpaired) electrons. The number of carbonyl (C=O) groups is 4. The predicted molar refractivity (Wildman–Crippen MR) is 135 cm³/mol. The lowest BCUT2D eigenvalue weighted by Crippen LogP contribution is -2.42. The van der Waals surface area contributed by atoms with Crippen molar-refractivity contribution in [3.8, 4) is 11.1 Å². The molecule has 2 amide bonds. The normalized spacial score (nSPS) is 11.4. The van der Waals surface area contributed by atoms with E-state index >= 15 is 0 Å². The van der Waals surface area contributed by atoms with Crippen molar-refractivity contribution in [2.24, 2.45) is 0 Å². The van der Waals surface area contributed by atoms with Gasteiger partial charge in [0.05, 0.1) is 10.6 Å². The van der Waals surface area contributed by atoms with Crippen LogP contribution in [0.25, 0.3) is 11.1 Å². The van der Waals surface area contributed by atoms with Gasteiger partial charge in [-0.2, -0.15) is 0 Å². The molecule has 3 aromatic carbocycles. The molecule has 186 valence electrons. The molecule has 1 atom stereocenters. The van der Waals surface area contributed by atoms with Gasteiger partial charge in [-0.25, -0.2) is 4.79 Å². The largest absolute Gasteiger partial charge is 0.480 e. The van der Waals surface area contributed by atoms with Crippen LogP contribution in [0.4, 0.5) is 0 Å². The van der Waals surface area contributed by atoms with Crippen molar-refractivity contribution in [2.45, 2.75) is 25.9 Å². The molecule has 3 aromatic rings. The number of carbonyl (C=O) groups excluding carboxylic acids is 2. The Morgan fingerprint density at radius 1 is 0.889 bits per heavy atom. The van der Waals surface area contributed by atoms with Gasteiger partial charge in [0.1, 0.15) is 12.6 Å². The van der Waals surface area contributed by atoms with Crippen LogP contribution < -0.4 is 5.32 Å². The number of carboxylic acid groups (broad SMARTS) is 2. The molecule has 0 aliphatic carbocycles. The van der Waals surface area contributed by atoms with Crippen LogP contribution in [0, 0.1) is 0 Å². The Hall–Kier alpha value is -4.17. The summed E-state index contributed by atoms with van der Waals surface area (Å²) in [6.07, 6.45) is 0.0780. The highest BCUT2D eigenvalue weighted by molar-refractivity contribution is 6.33. The molecule has 36 heavy (non-hydrogen) atoms. The van der Waals surface area contributed by atoms with Crippen LogP contribution in [0.5, 0.6) is 0 Å². The Labute approximate surface area is 213 Å². The van der Waals surface area contributed by atoms with Gasteiger partial charge in [-0.15, -0.1) is 0 Å². The van der Waals surface area contributed by atoms with E-state index in [9.17, 15) is 24.3 Å². The SMILES string of the molecule is CC(=O)N(CC(=O)O)Cc1cccc(-c2ccc(CC(NC(=O)c3ccccc3Cl)C(=O)O)cc2)c1. The molecule has 0 fully saturated rings. The maximum atomic E-state index is 12.5. The highest BCUT2D eigenvalue weighted by atomic mass is 35.5. The van der Waals surface area contributed by atoms with Crippen molar-refractivity contribution in [1.82, 2.24) is 10.2 Å². The smallest absolute Gasteiger partial charge is 0.326 e. The van der Waals surface area contributed by atoms with Crippen LogP contribution in [0.1, 0.15) is 28.4 Å². The average molecular weight is 509 g/mol. The van der Waals surface area contributed by atoms with Crippen LogP contribution in [-0.2, 0) is 27.3 Å². The fourth-order valence-corrected chi connectivity index (χ4v) is 3.88. The zero-order chi connectivity index (χ0) is 26.2. The maximum Gasteiger partial charge on any atom is 0.326 e. The van der Waals surface area contributed by atoms with Crippen molar-refractivity contribution in [3.63, 3.8) is 0 Å². The summed E-state index contributed by atoms with van der Waals surface area (Å²) in [5, 5.41) is 21.4. The van der Waals surface area contributed by atoms with Crippen LogP contribution in [0.15, 0.2) is 72.8 Å². The van der Waals surface area contributed by atoms with Gasteiger partial charge >= 0.3 is 11.9 Å². The van der Waals surface area contributed by atoms with Crippen LogP contribution in [0.3, 0.4) is 0 Å². The second-order valence-corrected chi connectivity index (χ2v) is 8.62. The number of hydrogen-bond acceptors (Lipinski definition) is 4. The van der Waals surface area contributed by atoms with E-state index in [0.717, 1.165) is 16.7 Å². The number of aliphatic carboxylic acids is 2. The highest BCUT2D eigenvalue weighted by Crippen LogP contribution is 2.22. The third-order valence-corrected chi connectivity index (χ3v) is 5.85. The molecule has 3 N–H and O–H groups in total. The molecule has 1 unspecified atom stereocenters. The van der Waals surface area contributed by atoms with E-state index in [1.807, 2.05) is 36.4 Å². The first kappa shape index (κ1) is 26.4. The van der Waals surface area contributed by atoms with E-state index in [1.54, 1.807) is 30.3 Å². The lowest BCUT2D eigenvalue weighted by molar-refractivity contribution is -0.144. The minimum atomic E-state index is -1.16. The Morgan fingerprint density at radius 2 is 1.58 bits per heavy atom. The standard InChI is InChI=1S/C27H25ClN2O6/c1-17(31)30(16-25(32)33)15-19-5-4-6-21(13-19)20-11-9-18(10-12-20)14-24(27(35)36)29-26(34)22-7-2-3-8-23(22)28/h2-13,24H,14-16H2,1H3,(H,29,34)(H,32,33)(H,35,36). The number of nitrogens with zero attached hydrogens (tertiary/aromatic N) is 1. The Balaban J connectivity index is 1.71. The highest BCUT2D eigenvalue weighted by Gasteiger charge is 2.22. The van der Waals surface area contributed by atoms with Gasteiger partial charge < -0.3 is 20.4 Å². The average Bonchev–Trinajstić information content (AvgIpc) is 2.83. The van der Waals surface area contributed by atoms with E-state index < -0.39 is 23.9 Å². The number of halogens is 1. The molecule has 9 heteroatoms. The third-order valence-electron chi connectivity index (χ3n) is 5.52. The summed E-state index contributed by atoms with van der Waals surface area (Å²) < 4.78 is 0. The van der Waals surface area contributed by atoms with Gasteiger partial charge in [0.2, 0.25) is 5.91 Å². The first-order valence-electron chi connectivity index (χ1n) is 11.1. The molecule has 0 spiro atoms. The summed E-state index contributed by atoms with van der Waals surface area (Å²) in [5.74, 6) is -3.14. The second kappa shape index (κ2) is 12.0. The molecule has 0 aliphatic heterocycles. The number of nitrogens with one attached hydrogen (secondary N) is 1. The van der Waals surface area contributed by atoms with Gasteiger partial charge in [-0.3, -0.25) is 14.4 Å². The van der Waals surface area contributed by atoms with Crippen molar-refractivity contribution in [3.05, 3.63) is 94.5 Å². The van der Waals surface area contributed by atoms with Gasteiger partial charge in [-0.05, 0) is 40.5 Å². The molecule has 0 aliphatic rings. The molecular formula is C27H25ClN2O6. The molecule has 3 rings (SSSR count). The Kier molecular flexibility index (Phi) is 8.81. The fourth-order valence-electron chi connectivity index (χ4n) is 3.66. The van der Waals surface area contributed by atoms with Gasteiger partial charge in [0.25, 0.3) is 5.91 Å². The summed E-state index contributed by atoms with van der Waals surface area (Å²) in [6, 6.07) is 19.9. The second-order valence-electron chi connectivity index (χ2n) is 8.21. The van der Waals surface area contributed by atoms with Crippen molar-refractivity contribution >= 4 is 35.4 Å². The lowest BCUT2D eigenvalue weighted by atomic mass is 9.99. The molecule has 8 nitrogen and oxygen atoms in total. The maximum absolute atomic E-state index is 12.5. The minimum Gasteiger partial charge on any atom is -0.480 e. The summed E-state index contributed by atoms with van der Waals surface area (Å²) in [7, 11) is 0. The van der Waals surface area contributed by atoms with Crippen molar-refractivity contribution in [2.75, 3.05) is 6.54 Å². The number of amides is 2. The molecule has 0 saturated heterocycles. The quantitative estimate of drug-likeness (QED) is 0.382. The molecular weight excluding hydrogens is 484 g/mol. The molecule has 0 aromatic heterocycles. The lowest BCUT2D eigenvalue weighted by Gasteiger charge is -2.19. The molecule has 0 heterocycles. The first-order valence-corrected chi connectivity index (χ1v) is 11.5. The number of benzene rings is 3. The van der Waals surface area contributed by atoms with Crippen molar-refractivity contribution in [1.29, 1.82) is 0 Å². The van der Waals surface area contributed by atoms with Crippen molar-refractivity contribution < 1.29 is 29.4 Å². The Morgan fingerprint density at radius 3 is 2.19 bits per heavy atom. The summed E-state index contributed by atoms with van der Waals surface area (Å²) >= 11 is 6.04. The van der Waals surface area contributed by atoms with E-state index in [0.29, 0.717) is 5.56 Å². The van der Waals surface area contributed by atoms with E-state index in [-0.39, 0.29) is 36.0 Å². The van der Waals surface area contributed by atoms with Crippen LogP contribution in [-0.4, -0.2) is 51.5 Å². The number of carboxylic acids is 2. The van der Waals surface area contributed by atoms with Gasteiger partial charge in [-0.1, -0.05) is 66.2 Å².